The number of rotatable bonds is 4. The summed E-state index contributed by atoms with van der Waals surface area (Å²) < 4.78 is 0.884. The molecule has 2 atom stereocenters. The van der Waals surface area contributed by atoms with E-state index in [9.17, 15) is 24.5 Å². The van der Waals surface area contributed by atoms with Crippen molar-refractivity contribution in [2.24, 2.45) is 5.73 Å². The lowest BCUT2D eigenvalue weighted by molar-refractivity contribution is -0.385. The van der Waals surface area contributed by atoms with Crippen LogP contribution >= 0.6 is 0 Å². The van der Waals surface area contributed by atoms with Crippen molar-refractivity contribution < 1.29 is 14.5 Å². The molecule has 0 spiro atoms. The van der Waals surface area contributed by atoms with E-state index >= 15 is 0 Å². The van der Waals surface area contributed by atoms with Gasteiger partial charge in [0.2, 0.25) is 5.91 Å². The monoisotopic (exact) mass is 336 g/mol. The first-order valence-electron chi connectivity index (χ1n) is 7.72. The zero-order valence-electron chi connectivity index (χ0n) is 13.6. The first-order chi connectivity index (χ1) is 11.2. The van der Waals surface area contributed by atoms with Gasteiger partial charge >= 0.3 is 0 Å². The molecule has 24 heavy (non-hydrogen) atoms. The summed E-state index contributed by atoms with van der Waals surface area (Å²) in [5, 5.41) is 11.0. The first-order valence-corrected chi connectivity index (χ1v) is 7.72. The molecule has 2 rings (SSSR count). The van der Waals surface area contributed by atoms with Crippen molar-refractivity contribution in [1.29, 1.82) is 0 Å². The fraction of sp³-hybridized carbons (Fsp3) is 0.533. The van der Waals surface area contributed by atoms with E-state index in [2.05, 4.69) is 0 Å². The quantitative estimate of drug-likeness (QED) is 0.637. The highest BCUT2D eigenvalue weighted by molar-refractivity contribution is 5.93. The van der Waals surface area contributed by atoms with Crippen LogP contribution in [0.4, 0.5) is 5.69 Å². The molecule has 0 saturated carbocycles. The van der Waals surface area contributed by atoms with Gasteiger partial charge in [0.25, 0.3) is 17.2 Å². The van der Waals surface area contributed by atoms with E-state index in [1.54, 1.807) is 4.90 Å². The topological polar surface area (TPSA) is 129 Å². The van der Waals surface area contributed by atoms with Gasteiger partial charge in [-0.2, -0.15) is 0 Å². The van der Waals surface area contributed by atoms with E-state index < -0.39 is 27.6 Å². The smallest absolute Gasteiger partial charge is 0.286 e. The Balaban J connectivity index is 2.38. The molecule has 0 aromatic carbocycles. The highest BCUT2D eigenvalue weighted by Gasteiger charge is 2.29. The molecule has 130 valence electrons. The molecule has 2 N–H and O–H groups in total. The predicted molar refractivity (Wildman–Crippen MR) is 85.5 cm³/mol. The van der Waals surface area contributed by atoms with Gasteiger partial charge in [0.15, 0.2) is 0 Å². The van der Waals surface area contributed by atoms with Gasteiger partial charge < -0.3 is 10.6 Å². The van der Waals surface area contributed by atoms with Crippen LogP contribution in [0.2, 0.25) is 0 Å². The van der Waals surface area contributed by atoms with Gasteiger partial charge in [0.05, 0.1) is 11.1 Å². The van der Waals surface area contributed by atoms with E-state index in [0.717, 1.165) is 36.1 Å². The largest absolute Gasteiger partial charge is 0.365 e. The van der Waals surface area contributed by atoms with Crippen molar-refractivity contribution in [1.82, 2.24) is 9.47 Å². The SMILES string of the molecule is CC1CCCC(C)N1C(=O)Cn1cc([N+](=O)[O-])cc(C(N)=O)c1=O. The zero-order chi connectivity index (χ0) is 18.0. The van der Waals surface area contributed by atoms with E-state index in [-0.39, 0.29) is 24.5 Å². The molecule has 1 fully saturated rings. The summed E-state index contributed by atoms with van der Waals surface area (Å²) in [7, 11) is 0. The van der Waals surface area contributed by atoms with Gasteiger partial charge in [0.1, 0.15) is 12.1 Å². The lowest BCUT2D eigenvalue weighted by Gasteiger charge is -2.39. The van der Waals surface area contributed by atoms with Crippen LogP contribution in [-0.4, -0.2) is 38.3 Å². The van der Waals surface area contributed by atoms with Crippen molar-refractivity contribution in [3.63, 3.8) is 0 Å². The Morgan fingerprint density at radius 2 is 1.92 bits per heavy atom. The predicted octanol–water partition coefficient (Wildman–Crippen LogP) is 0.645. The van der Waals surface area contributed by atoms with Gasteiger partial charge in [-0.05, 0) is 33.1 Å². The number of hydrogen-bond acceptors (Lipinski definition) is 5. The van der Waals surface area contributed by atoms with Crippen molar-refractivity contribution in [3.8, 4) is 0 Å². The van der Waals surface area contributed by atoms with Crippen LogP contribution in [0.15, 0.2) is 17.1 Å². The number of nitrogens with two attached hydrogens (primary N) is 1. The van der Waals surface area contributed by atoms with Crippen LogP contribution in [0, 0.1) is 10.1 Å². The molecule has 1 aliphatic heterocycles. The zero-order valence-corrected chi connectivity index (χ0v) is 13.6. The van der Waals surface area contributed by atoms with E-state index in [1.165, 1.54) is 0 Å². The van der Waals surface area contributed by atoms with Crippen molar-refractivity contribution in [2.75, 3.05) is 0 Å². The molecule has 9 heteroatoms. The Bertz CT molecular complexity index is 732. The number of pyridine rings is 1. The minimum Gasteiger partial charge on any atom is -0.365 e. The standard InChI is InChI=1S/C15H20N4O5/c1-9-4-3-5-10(2)18(9)13(20)8-17-7-11(19(23)24)6-12(14(16)21)15(17)22/h6-7,9-10H,3-5,8H2,1-2H3,(H2,16,21). The lowest BCUT2D eigenvalue weighted by Crippen LogP contribution is -2.49. The molecule has 2 amide bonds. The number of hydrogen-bond donors (Lipinski definition) is 1. The fourth-order valence-electron chi connectivity index (χ4n) is 3.15. The maximum absolute atomic E-state index is 12.6. The summed E-state index contributed by atoms with van der Waals surface area (Å²) in [6.45, 7) is 3.49. The number of carbonyl (C=O) groups is 2. The van der Waals surface area contributed by atoms with Gasteiger partial charge in [-0.15, -0.1) is 0 Å². The molecule has 1 aromatic rings. The van der Waals surface area contributed by atoms with E-state index in [0.29, 0.717) is 0 Å². The molecule has 9 nitrogen and oxygen atoms in total. The van der Waals surface area contributed by atoms with Crippen LogP contribution in [0.1, 0.15) is 43.5 Å². The van der Waals surface area contributed by atoms with Crippen molar-refractivity contribution in [3.05, 3.63) is 38.3 Å². The number of piperidine rings is 1. The van der Waals surface area contributed by atoms with E-state index in [1.807, 2.05) is 13.8 Å². The first kappa shape index (κ1) is 17.6. The molecular formula is C15H20N4O5. The van der Waals surface area contributed by atoms with Gasteiger partial charge in [-0.25, -0.2) is 0 Å². The average molecular weight is 336 g/mol. The summed E-state index contributed by atoms with van der Waals surface area (Å²) >= 11 is 0. The Morgan fingerprint density at radius 3 is 2.42 bits per heavy atom. The number of likely N-dealkylation sites (tertiary alicyclic amines) is 1. The van der Waals surface area contributed by atoms with Gasteiger partial charge in [-0.3, -0.25) is 29.1 Å². The third-order valence-corrected chi connectivity index (χ3v) is 4.33. The van der Waals surface area contributed by atoms with Crippen molar-refractivity contribution >= 4 is 17.5 Å². The van der Waals surface area contributed by atoms with E-state index in [4.69, 9.17) is 5.73 Å². The normalized spacial score (nSPS) is 20.7. The number of nitrogens with zero attached hydrogens (tertiary/aromatic N) is 3. The second-order valence-electron chi connectivity index (χ2n) is 6.10. The Labute approximate surface area is 138 Å². The molecule has 1 aromatic heterocycles. The molecule has 2 heterocycles. The molecule has 2 unspecified atom stereocenters. The average Bonchev–Trinajstić information content (AvgIpc) is 2.48. The van der Waals surface area contributed by atoms with Crippen LogP contribution in [0.3, 0.4) is 0 Å². The summed E-state index contributed by atoms with van der Waals surface area (Å²) in [6.07, 6.45) is 3.72. The number of primary amides is 1. The Hall–Kier alpha value is -2.71. The molecule has 0 bridgehead atoms. The summed E-state index contributed by atoms with van der Waals surface area (Å²) in [5.41, 5.74) is 3.33. The molecular weight excluding hydrogens is 316 g/mol. The van der Waals surface area contributed by atoms with Gasteiger partial charge in [-0.1, -0.05) is 0 Å². The molecule has 0 aliphatic carbocycles. The second kappa shape index (κ2) is 6.81. The van der Waals surface area contributed by atoms with Crippen LogP contribution < -0.4 is 11.3 Å². The summed E-state index contributed by atoms with van der Waals surface area (Å²) in [5.74, 6) is -1.38. The number of aromatic nitrogens is 1. The van der Waals surface area contributed by atoms with Crippen LogP contribution in [0.25, 0.3) is 0 Å². The van der Waals surface area contributed by atoms with Crippen molar-refractivity contribution in [2.45, 2.75) is 51.7 Å². The highest BCUT2D eigenvalue weighted by atomic mass is 16.6. The summed E-state index contributed by atoms with van der Waals surface area (Å²) in [4.78, 5) is 48.1. The second-order valence-corrected chi connectivity index (χ2v) is 6.10. The lowest BCUT2D eigenvalue weighted by atomic mass is 9.97. The summed E-state index contributed by atoms with van der Waals surface area (Å²) in [6, 6.07) is 0.898. The van der Waals surface area contributed by atoms with Crippen LogP contribution in [0.5, 0.6) is 0 Å². The number of carbonyl (C=O) groups excluding carboxylic acids is 2. The number of amides is 2. The third kappa shape index (κ3) is 3.44. The molecule has 0 radical (unpaired) electrons. The number of nitro groups is 1. The maximum atomic E-state index is 12.6. The maximum Gasteiger partial charge on any atom is 0.286 e. The molecule has 1 aliphatic rings. The van der Waals surface area contributed by atoms with Crippen LogP contribution in [-0.2, 0) is 11.3 Å². The third-order valence-electron chi connectivity index (χ3n) is 4.33. The Kier molecular flexibility index (Phi) is 5.01. The fourth-order valence-corrected chi connectivity index (χ4v) is 3.15. The molecule has 1 saturated heterocycles. The minimum atomic E-state index is -1.07. The Morgan fingerprint density at radius 1 is 1.33 bits per heavy atom. The van der Waals surface area contributed by atoms with Gasteiger partial charge in [0, 0.05) is 18.2 Å². The minimum absolute atomic E-state index is 0.0336. The highest BCUT2D eigenvalue weighted by Crippen LogP contribution is 2.23.